The molecule has 4 rings (SSSR count). The average Bonchev–Trinajstić information content (AvgIpc) is 3.41. The first kappa shape index (κ1) is 17.6. The minimum absolute atomic E-state index is 0.700. The number of nitrogens with zero attached hydrogens (tertiary/aromatic N) is 2. The Balaban J connectivity index is 1.44. The van der Waals surface area contributed by atoms with Gasteiger partial charge in [0, 0.05) is 17.6 Å². The van der Waals surface area contributed by atoms with Crippen LogP contribution in [-0.4, -0.2) is 9.88 Å². The number of thiazole rings is 1. The van der Waals surface area contributed by atoms with Gasteiger partial charge < -0.3 is 14.2 Å². The van der Waals surface area contributed by atoms with Gasteiger partial charge in [-0.1, -0.05) is 17.7 Å². The van der Waals surface area contributed by atoms with Crippen molar-refractivity contribution in [3.63, 3.8) is 0 Å². The summed E-state index contributed by atoms with van der Waals surface area (Å²) < 4.78 is 11.0. The largest absolute Gasteiger partial charge is 0.468 e. The Labute approximate surface area is 162 Å². The van der Waals surface area contributed by atoms with Gasteiger partial charge in [-0.15, -0.1) is 11.3 Å². The van der Waals surface area contributed by atoms with Gasteiger partial charge in [-0.25, -0.2) is 4.98 Å². The van der Waals surface area contributed by atoms with Crippen LogP contribution in [0.4, 0.5) is 10.8 Å². The lowest BCUT2D eigenvalue weighted by Crippen LogP contribution is -2.22. The third-order valence-corrected chi connectivity index (χ3v) is 4.97. The van der Waals surface area contributed by atoms with Gasteiger partial charge >= 0.3 is 0 Å². The SMILES string of the molecule is Cc1ccc(Nc2nc(CN(Cc3ccco3)Cc3ccco3)cs2)cc1. The number of nitrogens with one attached hydrogen (secondary N) is 1. The highest BCUT2D eigenvalue weighted by Crippen LogP contribution is 2.23. The molecule has 1 aromatic carbocycles. The molecule has 5 nitrogen and oxygen atoms in total. The van der Waals surface area contributed by atoms with Crippen molar-refractivity contribution < 1.29 is 8.83 Å². The second-order valence-corrected chi connectivity index (χ2v) is 7.30. The molecule has 0 atom stereocenters. The van der Waals surface area contributed by atoms with Crippen LogP contribution in [0.3, 0.4) is 0 Å². The maximum atomic E-state index is 5.51. The number of furan rings is 2. The highest BCUT2D eigenvalue weighted by molar-refractivity contribution is 7.13. The molecule has 4 aromatic rings. The Kier molecular flexibility index (Phi) is 5.37. The standard InChI is InChI=1S/C21H21N3O2S/c1-16-6-8-17(9-7-16)22-21-23-18(15-27-21)12-24(13-19-4-2-10-25-19)14-20-5-3-11-26-20/h2-11,15H,12-14H2,1H3,(H,22,23). The van der Waals surface area contributed by atoms with Crippen molar-refractivity contribution in [1.82, 2.24) is 9.88 Å². The predicted molar refractivity (Wildman–Crippen MR) is 107 cm³/mol. The summed E-state index contributed by atoms with van der Waals surface area (Å²) in [4.78, 5) is 6.98. The quantitative estimate of drug-likeness (QED) is 0.433. The molecule has 0 unspecified atom stereocenters. The summed E-state index contributed by atoms with van der Waals surface area (Å²) in [6.07, 6.45) is 3.40. The van der Waals surface area contributed by atoms with Crippen molar-refractivity contribution in [2.24, 2.45) is 0 Å². The van der Waals surface area contributed by atoms with E-state index in [1.165, 1.54) is 5.56 Å². The first-order valence-electron chi connectivity index (χ1n) is 8.80. The second-order valence-electron chi connectivity index (χ2n) is 6.44. The second kappa shape index (κ2) is 8.24. The number of hydrogen-bond donors (Lipinski definition) is 1. The number of benzene rings is 1. The van der Waals surface area contributed by atoms with Gasteiger partial charge in [0.05, 0.1) is 31.3 Å². The van der Waals surface area contributed by atoms with Gasteiger partial charge in [-0.2, -0.15) is 0 Å². The summed E-state index contributed by atoms with van der Waals surface area (Å²) in [5, 5.41) is 6.35. The summed E-state index contributed by atoms with van der Waals surface area (Å²) >= 11 is 1.61. The Bertz CT molecular complexity index is 908. The van der Waals surface area contributed by atoms with Gasteiger partial charge in [0.25, 0.3) is 0 Å². The van der Waals surface area contributed by atoms with E-state index in [4.69, 9.17) is 13.8 Å². The van der Waals surface area contributed by atoms with Crippen molar-refractivity contribution in [1.29, 1.82) is 0 Å². The van der Waals surface area contributed by atoms with Crippen LogP contribution in [0.5, 0.6) is 0 Å². The molecule has 0 aliphatic rings. The van der Waals surface area contributed by atoms with E-state index in [1.54, 1.807) is 23.9 Å². The monoisotopic (exact) mass is 379 g/mol. The molecule has 0 spiro atoms. The van der Waals surface area contributed by atoms with Gasteiger partial charge in [0.2, 0.25) is 0 Å². The van der Waals surface area contributed by atoms with Gasteiger partial charge in [0.1, 0.15) is 11.5 Å². The summed E-state index contributed by atoms with van der Waals surface area (Å²) in [5.74, 6) is 1.85. The fraction of sp³-hybridized carbons (Fsp3) is 0.190. The maximum absolute atomic E-state index is 5.51. The molecule has 138 valence electrons. The minimum Gasteiger partial charge on any atom is -0.468 e. The summed E-state index contributed by atoms with van der Waals surface area (Å²) in [6, 6.07) is 16.1. The first-order chi connectivity index (χ1) is 13.2. The molecule has 0 aliphatic carbocycles. The van der Waals surface area contributed by atoms with Crippen LogP contribution in [0, 0.1) is 6.92 Å². The van der Waals surface area contributed by atoms with E-state index in [0.29, 0.717) is 19.6 Å². The molecule has 0 aliphatic heterocycles. The van der Waals surface area contributed by atoms with Crippen LogP contribution in [0.2, 0.25) is 0 Å². The van der Waals surface area contributed by atoms with E-state index in [-0.39, 0.29) is 0 Å². The van der Waals surface area contributed by atoms with E-state index in [2.05, 4.69) is 46.8 Å². The average molecular weight is 379 g/mol. The zero-order chi connectivity index (χ0) is 18.5. The molecule has 0 saturated carbocycles. The Morgan fingerprint density at radius 1 is 0.926 bits per heavy atom. The molecule has 0 fully saturated rings. The summed E-state index contributed by atoms with van der Waals surface area (Å²) in [7, 11) is 0. The van der Waals surface area contributed by atoms with Crippen molar-refractivity contribution in [2.75, 3.05) is 5.32 Å². The van der Waals surface area contributed by atoms with Gasteiger partial charge in [0.15, 0.2) is 5.13 Å². The van der Waals surface area contributed by atoms with Crippen LogP contribution < -0.4 is 5.32 Å². The molecular formula is C21H21N3O2S. The number of hydrogen-bond acceptors (Lipinski definition) is 6. The van der Waals surface area contributed by atoms with Crippen LogP contribution in [-0.2, 0) is 19.6 Å². The van der Waals surface area contributed by atoms with Gasteiger partial charge in [-0.3, -0.25) is 4.90 Å². The molecule has 3 heterocycles. The fourth-order valence-corrected chi connectivity index (χ4v) is 3.56. The van der Waals surface area contributed by atoms with Crippen LogP contribution >= 0.6 is 11.3 Å². The highest BCUT2D eigenvalue weighted by Gasteiger charge is 2.13. The summed E-state index contributed by atoms with van der Waals surface area (Å²) in [5.41, 5.74) is 3.31. The summed E-state index contributed by atoms with van der Waals surface area (Å²) in [6.45, 7) is 4.20. The van der Waals surface area contributed by atoms with E-state index in [0.717, 1.165) is 28.0 Å². The third-order valence-electron chi connectivity index (χ3n) is 4.16. The smallest absolute Gasteiger partial charge is 0.187 e. The van der Waals surface area contributed by atoms with Crippen molar-refractivity contribution in [3.8, 4) is 0 Å². The number of rotatable bonds is 8. The van der Waals surface area contributed by atoms with Crippen LogP contribution in [0.15, 0.2) is 75.3 Å². The number of aryl methyl sites for hydroxylation is 1. The lowest BCUT2D eigenvalue weighted by molar-refractivity contribution is 0.207. The predicted octanol–water partition coefficient (Wildman–Crippen LogP) is 5.58. The van der Waals surface area contributed by atoms with Crippen molar-refractivity contribution in [2.45, 2.75) is 26.6 Å². The van der Waals surface area contributed by atoms with Crippen LogP contribution in [0.25, 0.3) is 0 Å². The zero-order valence-electron chi connectivity index (χ0n) is 15.1. The Morgan fingerprint density at radius 2 is 1.59 bits per heavy atom. The minimum atomic E-state index is 0.700. The molecule has 0 amide bonds. The van der Waals surface area contributed by atoms with E-state index in [9.17, 15) is 0 Å². The topological polar surface area (TPSA) is 54.4 Å². The van der Waals surface area contributed by atoms with E-state index < -0.39 is 0 Å². The van der Waals surface area contributed by atoms with E-state index in [1.807, 2.05) is 24.3 Å². The molecular weight excluding hydrogens is 358 g/mol. The fourth-order valence-electron chi connectivity index (χ4n) is 2.84. The molecule has 1 N–H and O–H groups in total. The normalized spacial score (nSPS) is 11.2. The first-order valence-corrected chi connectivity index (χ1v) is 9.68. The van der Waals surface area contributed by atoms with Crippen molar-refractivity contribution in [3.05, 3.63) is 89.2 Å². The van der Waals surface area contributed by atoms with Crippen LogP contribution in [0.1, 0.15) is 22.8 Å². The molecule has 3 aromatic heterocycles. The molecule has 27 heavy (non-hydrogen) atoms. The van der Waals surface area contributed by atoms with Gasteiger partial charge in [-0.05, 0) is 43.3 Å². The maximum Gasteiger partial charge on any atom is 0.187 e. The lowest BCUT2D eigenvalue weighted by atomic mass is 10.2. The zero-order valence-corrected chi connectivity index (χ0v) is 15.9. The Morgan fingerprint density at radius 3 is 2.19 bits per heavy atom. The highest BCUT2D eigenvalue weighted by atomic mass is 32.1. The Hall–Kier alpha value is -2.83. The number of aromatic nitrogens is 1. The molecule has 0 saturated heterocycles. The van der Waals surface area contributed by atoms with E-state index >= 15 is 0 Å². The van der Waals surface area contributed by atoms with Crippen molar-refractivity contribution >= 4 is 22.2 Å². The molecule has 0 radical (unpaired) electrons. The third kappa shape index (κ3) is 4.87. The molecule has 0 bridgehead atoms. The molecule has 6 heteroatoms. The number of anilines is 2. The lowest BCUT2D eigenvalue weighted by Gasteiger charge is -2.18.